The third kappa shape index (κ3) is 4.21. The molecule has 0 radical (unpaired) electrons. The third-order valence-corrected chi connectivity index (χ3v) is 3.67. The number of carbonyl (C=O) groups is 1. The maximum Gasteiger partial charge on any atom is 0.247 e. The summed E-state index contributed by atoms with van der Waals surface area (Å²) in [6.45, 7) is 4.89. The Balaban J connectivity index is 2.03. The molecule has 0 saturated carbocycles. The van der Waals surface area contributed by atoms with Crippen molar-refractivity contribution >= 4 is 23.3 Å². The van der Waals surface area contributed by atoms with Gasteiger partial charge in [0.05, 0.1) is 6.54 Å². The number of rotatable bonds is 6. The number of hydrogen-bond acceptors (Lipinski definition) is 2. The van der Waals surface area contributed by atoms with Crippen molar-refractivity contribution in [1.29, 1.82) is 0 Å². The lowest BCUT2D eigenvalue weighted by molar-refractivity contribution is -0.126. The van der Waals surface area contributed by atoms with Crippen LogP contribution in [0.3, 0.4) is 0 Å². The number of carbonyl (C=O) groups excluding carboxylic acids is 1. The Morgan fingerprint density at radius 2 is 2.00 bits per heavy atom. The SMILES string of the molecule is C=CCN(Cc1cccs1)C(=O)/C=C/c1ccccc1. The van der Waals surface area contributed by atoms with E-state index >= 15 is 0 Å². The molecule has 1 heterocycles. The second kappa shape index (κ2) is 7.46. The number of thiophene rings is 1. The first-order chi connectivity index (χ1) is 9.79. The van der Waals surface area contributed by atoms with E-state index in [1.807, 2.05) is 53.9 Å². The summed E-state index contributed by atoms with van der Waals surface area (Å²) in [5.74, 6) is 0.00199. The minimum Gasteiger partial charge on any atom is -0.330 e. The first-order valence-corrected chi connectivity index (χ1v) is 7.33. The summed E-state index contributed by atoms with van der Waals surface area (Å²) in [5, 5.41) is 2.02. The van der Waals surface area contributed by atoms with E-state index < -0.39 is 0 Å². The van der Waals surface area contributed by atoms with E-state index in [0.29, 0.717) is 13.1 Å². The van der Waals surface area contributed by atoms with Crippen LogP contribution in [-0.2, 0) is 11.3 Å². The highest BCUT2D eigenvalue weighted by molar-refractivity contribution is 7.09. The van der Waals surface area contributed by atoms with Crippen LogP contribution in [0.2, 0.25) is 0 Å². The maximum absolute atomic E-state index is 12.2. The zero-order valence-electron chi connectivity index (χ0n) is 11.2. The molecule has 3 heteroatoms. The molecule has 2 aromatic rings. The molecular weight excluding hydrogens is 266 g/mol. The summed E-state index contributed by atoms with van der Waals surface area (Å²) in [6, 6.07) is 13.8. The highest BCUT2D eigenvalue weighted by Gasteiger charge is 2.10. The molecule has 0 aliphatic rings. The summed E-state index contributed by atoms with van der Waals surface area (Å²) in [4.78, 5) is 15.2. The van der Waals surface area contributed by atoms with Gasteiger partial charge in [-0.3, -0.25) is 4.79 Å². The van der Waals surface area contributed by atoms with Gasteiger partial charge in [0.15, 0.2) is 0 Å². The average molecular weight is 283 g/mol. The fraction of sp³-hybridized carbons (Fsp3) is 0.118. The number of nitrogens with zero attached hydrogens (tertiary/aromatic N) is 1. The second-order valence-corrected chi connectivity index (χ2v) is 5.36. The molecule has 0 spiro atoms. The van der Waals surface area contributed by atoms with Crippen molar-refractivity contribution in [2.24, 2.45) is 0 Å². The second-order valence-electron chi connectivity index (χ2n) is 4.33. The summed E-state index contributed by atoms with van der Waals surface area (Å²) in [7, 11) is 0. The molecule has 2 rings (SSSR count). The van der Waals surface area contributed by atoms with E-state index in [0.717, 1.165) is 5.56 Å². The normalized spacial score (nSPS) is 10.6. The van der Waals surface area contributed by atoms with E-state index in [1.54, 1.807) is 28.4 Å². The monoisotopic (exact) mass is 283 g/mol. The van der Waals surface area contributed by atoms with Crippen molar-refractivity contribution in [2.75, 3.05) is 6.54 Å². The molecule has 0 aliphatic heterocycles. The van der Waals surface area contributed by atoms with Crippen molar-refractivity contribution < 1.29 is 4.79 Å². The average Bonchev–Trinajstić information content (AvgIpc) is 2.98. The molecule has 1 aromatic carbocycles. The van der Waals surface area contributed by atoms with Crippen LogP contribution in [-0.4, -0.2) is 17.4 Å². The number of hydrogen-bond donors (Lipinski definition) is 0. The van der Waals surface area contributed by atoms with Crippen LogP contribution < -0.4 is 0 Å². The van der Waals surface area contributed by atoms with E-state index in [2.05, 4.69) is 6.58 Å². The summed E-state index contributed by atoms with van der Waals surface area (Å²) in [5.41, 5.74) is 1.02. The van der Waals surface area contributed by atoms with Crippen molar-refractivity contribution in [2.45, 2.75) is 6.54 Å². The number of benzene rings is 1. The largest absolute Gasteiger partial charge is 0.330 e. The van der Waals surface area contributed by atoms with Crippen LogP contribution in [0.25, 0.3) is 6.08 Å². The van der Waals surface area contributed by atoms with Crippen LogP contribution in [0.5, 0.6) is 0 Å². The molecule has 0 unspecified atom stereocenters. The zero-order chi connectivity index (χ0) is 14.2. The Labute approximate surface area is 123 Å². The van der Waals surface area contributed by atoms with Gasteiger partial charge < -0.3 is 4.90 Å². The lowest BCUT2D eigenvalue weighted by atomic mass is 10.2. The highest BCUT2D eigenvalue weighted by atomic mass is 32.1. The van der Waals surface area contributed by atoms with Gasteiger partial charge in [-0.15, -0.1) is 17.9 Å². The van der Waals surface area contributed by atoms with Gasteiger partial charge in [-0.05, 0) is 23.1 Å². The molecule has 0 saturated heterocycles. The Kier molecular flexibility index (Phi) is 5.33. The van der Waals surface area contributed by atoms with E-state index in [4.69, 9.17) is 0 Å². The van der Waals surface area contributed by atoms with E-state index in [9.17, 15) is 4.79 Å². The molecule has 1 amide bonds. The molecule has 0 fully saturated rings. The van der Waals surface area contributed by atoms with E-state index in [1.165, 1.54) is 4.88 Å². The Morgan fingerprint density at radius 3 is 2.65 bits per heavy atom. The smallest absolute Gasteiger partial charge is 0.247 e. The lowest BCUT2D eigenvalue weighted by Gasteiger charge is -2.18. The molecule has 0 aliphatic carbocycles. The Hall–Kier alpha value is -2.13. The molecule has 0 bridgehead atoms. The Morgan fingerprint density at radius 1 is 1.20 bits per heavy atom. The topological polar surface area (TPSA) is 20.3 Å². The third-order valence-electron chi connectivity index (χ3n) is 2.81. The van der Waals surface area contributed by atoms with Crippen LogP contribution in [0.15, 0.2) is 66.6 Å². The minimum absolute atomic E-state index is 0.00199. The van der Waals surface area contributed by atoms with Crippen molar-refractivity contribution in [3.63, 3.8) is 0 Å². The fourth-order valence-electron chi connectivity index (χ4n) is 1.82. The van der Waals surface area contributed by atoms with Gasteiger partial charge in [0, 0.05) is 17.5 Å². The Bertz CT molecular complexity index is 572. The molecular formula is C17H17NOS. The molecule has 102 valence electrons. The predicted molar refractivity (Wildman–Crippen MR) is 85.4 cm³/mol. The predicted octanol–water partition coefficient (Wildman–Crippen LogP) is 3.98. The van der Waals surface area contributed by atoms with Gasteiger partial charge in [0.1, 0.15) is 0 Å². The molecule has 20 heavy (non-hydrogen) atoms. The standard InChI is InChI=1S/C17H17NOS/c1-2-12-18(14-16-9-6-13-20-16)17(19)11-10-15-7-4-3-5-8-15/h2-11,13H,1,12,14H2/b11-10+. The molecule has 0 atom stereocenters. The van der Waals surface area contributed by atoms with Crippen molar-refractivity contribution in [3.05, 3.63) is 77.0 Å². The quantitative estimate of drug-likeness (QED) is 0.580. The highest BCUT2D eigenvalue weighted by Crippen LogP contribution is 2.12. The van der Waals surface area contributed by atoms with Gasteiger partial charge >= 0.3 is 0 Å². The van der Waals surface area contributed by atoms with Crippen molar-refractivity contribution in [1.82, 2.24) is 4.90 Å². The first kappa shape index (κ1) is 14.3. The van der Waals surface area contributed by atoms with Gasteiger partial charge in [-0.25, -0.2) is 0 Å². The van der Waals surface area contributed by atoms with Gasteiger partial charge in [-0.1, -0.05) is 42.5 Å². The van der Waals surface area contributed by atoms with Gasteiger partial charge in [0.2, 0.25) is 5.91 Å². The molecule has 0 N–H and O–H groups in total. The van der Waals surface area contributed by atoms with Gasteiger partial charge in [0.25, 0.3) is 0 Å². The fourth-order valence-corrected chi connectivity index (χ4v) is 2.54. The summed E-state index contributed by atoms with van der Waals surface area (Å²) >= 11 is 1.66. The summed E-state index contributed by atoms with van der Waals surface area (Å²) in [6.07, 6.45) is 5.21. The minimum atomic E-state index is 0.00199. The van der Waals surface area contributed by atoms with Crippen LogP contribution >= 0.6 is 11.3 Å². The maximum atomic E-state index is 12.2. The zero-order valence-corrected chi connectivity index (χ0v) is 12.1. The van der Waals surface area contributed by atoms with Gasteiger partial charge in [-0.2, -0.15) is 0 Å². The van der Waals surface area contributed by atoms with Crippen LogP contribution in [0.4, 0.5) is 0 Å². The van der Waals surface area contributed by atoms with Crippen LogP contribution in [0.1, 0.15) is 10.4 Å². The summed E-state index contributed by atoms with van der Waals surface area (Å²) < 4.78 is 0. The first-order valence-electron chi connectivity index (χ1n) is 6.45. The molecule has 1 aromatic heterocycles. The lowest BCUT2D eigenvalue weighted by Crippen LogP contribution is -2.28. The van der Waals surface area contributed by atoms with Crippen molar-refractivity contribution in [3.8, 4) is 0 Å². The molecule has 2 nitrogen and oxygen atoms in total. The van der Waals surface area contributed by atoms with Crippen LogP contribution in [0, 0.1) is 0 Å². The van der Waals surface area contributed by atoms with E-state index in [-0.39, 0.29) is 5.91 Å². The number of amides is 1.